The molecule has 5 heteroatoms. The predicted molar refractivity (Wildman–Crippen MR) is 93.6 cm³/mol. The molecule has 1 saturated carbocycles. The minimum Gasteiger partial charge on any atom is -0.492 e. The van der Waals surface area contributed by atoms with Gasteiger partial charge in [-0.15, -0.1) is 0 Å². The van der Waals surface area contributed by atoms with Crippen LogP contribution >= 0.6 is 23.2 Å². The molecule has 1 fully saturated rings. The fourth-order valence-electron chi connectivity index (χ4n) is 2.72. The van der Waals surface area contributed by atoms with Gasteiger partial charge in [-0.3, -0.25) is 4.79 Å². The van der Waals surface area contributed by atoms with E-state index in [1.807, 2.05) is 43.3 Å². The Kier molecular flexibility index (Phi) is 4.79. The third kappa shape index (κ3) is 3.80. The third-order valence-corrected chi connectivity index (χ3v) is 4.32. The topological polar surface area (TPSA) is 38.3 Å². The predicted octanol–water partition coefficient (Wildman–Crippen LogP) is 5.13. The van der Waals surface area contributed by atoms with Crippen molar-refractivity contribution in [1.29, 1.82) is 0 Å². The highest BCUT2D eigenvalue weighted by Crippen LogP contribution is 2.49. The first-order valence-electron chi connectivity index (χ1n) is 7.57. The molecule has 0 unspecified atom stereocenters. The molecule has 0 heterocycles. The van der Waals surface area contributed by atoms with E-state index in [0.29, 0.717) is 28.1 Å². The van der Waals surface area contributed by atoms with Crippen LogP contribution in [0.5, 0.6) is 5.75 Å². The number of carbonyl (C=O) groups excluding carboxylic acids is 1. The number of carbonyl (C=O) groups is 1. The van der Waals surface area contributed by atoms with Crippen LogP contribution in [0.2, 0.25) is 10.0 Å². The molecule has 0 spiro atoms. The van der Waals surface area contributed by atoms with Gasteiger partial charge in [-0.25, -0.2) is 0 Å². The Bertz CT molecular complexity index is 712. The van der Waals surface area contributed by atoms with E-state index in [1.54, 1.807) is 6.07 Å². The Morgan fingerprint density at radius 2 is 1.91 bits per heavy atom. The van der Waals surface area contributed by atoms with Gasteiger partial charge in [-0.05, 0) is 55.2 Å². The van der Waals surface area contributed by atoms with Crippen LogP contribution in [0.15, 0.2) is 42.5 Å². The maximum atomic E-state index is 12.5. The Balaban J connectivity index is 1.69. The summed E-state index contributed by atoms with van der Waals surface area (Å²) in [5.74, 6) is 0.800. The van der Waals surface area contributed by atoms with Gasteiger partial charge in [0.05, 0.1) is 12.3 Å². The molecule has 0 radical (unpaired) electrons. The standard InChI is InChI=1S/C18H17Cl2NO2/c1-2-23-17-6-4-3-5-16(17)21-18(22)15-10-14(15)11-7-12(19)9-13(20)8-11/h3-9,14-15H,2,10H2,1H3,(H,21,22)/t14-,15+/m1/s1. The second-order valence-corrected chi connectivity index (χ2v) is 6.44. The average Bonchev–Trinajstić information content (AvgIpc) is 3.29. The second-order valence-electron chi connectivity index (χ2n) is 5.57. The number of hydrogen-bond acceptors (Lipinski definition) is 2. The lowest BCUT2D eigenvalue weighted by molar-refractivity contribution is -0.117. The first-order chi connectivity index (χ1) is 11.1. The van der Waals surface area contributed by atoms with Gasteiger partial charge in [0.2, 0.25) is 5.91 Å². The van der Waals surface area contributed by atoms with Crippen LogP contribution in [-0.2, 0) is 4.79 Å². The molecule has 0 aliphatic heterocycles. The zero-order valence-corrected chi connectivity index (χ0v) is 14.2. The van der Waals surface area contributed by atoms with Crippen LogP contribution in [0.3, 0.4) is 0 Å². The molecule has 2 atom stereocenters. The van der Waals surface area contributed by atoms with E-state index >= 15 is 0 Å². The van der Waals surface area contributed by atoms with Crippen molar-refractivity contribution in [2.45, 2.75) is 19.3 Å². The maximum absolute atomic E-state index is 12.5. The van der Waals surface area contributed by atoms with E-state index in [4.69, 9.17) is 27.9 Å². The van der Waals surface area contributed by atoms with Crippen molar-refractivity contribution in [3.8, 4) is 5.75 Å². The highest BCUT2D eigenvalue weighted by Gasteiger charge is 2.44. The zero-order valence-electron chi connectivity index (χ0n) is 12.7. The van der Waals surface area contributed by atoms with E-state index in [9.17, 15) is 4.79 Å². The monoisotopic (exact) mass is 349 g/mol. The number of para-hydroxylation sites is 2. The molecule has 0 aromatic heterocycles. The molecule has 1 aliphatic rings. The molecule has 3 nitrogen and oxygen atoms in total. The van der Waals surface area contributed by atoms with Gasteiger partial charge >= 0.3 is 0 Å². The smallest absolute Gasteiger partial charge is 0.228 e. The highest BCUT2D eigenvalue weighted by atomic mass is 35.5. The van der Waals surface area contributed by atoms with Gasteiger partial charge < -0.3 is 10.1 Å². The number of ether oxygens (including phenoxy) is 1. The third-order valence-electron chi connectivity index (χ3n) is 3.89. The van der Waals surface area contributed by atoms with Crippen LogP contribution in [0.4, 0.5) is 5.69 Å². The normalized spacial score (nSPS) is 19.3. The lowest BCUT2D eigenvalue weighted by atomic mass is 10.1. The number of halogens is 2. The van der Waals surface area contributed by atoms with E-state index in [2.05, 4.69) is 5.32 Å². The molecule has 2 aromatic carbocycles. The van der Waals surface area contributed by atoms with Crippen molar-refractivity contribution < 1.29 is 9.53 Å². The van der Waals surface area contributed by atoms with Crippen LogP contribution < -0.4 is 10.1 Å². The second kappa shape index (κ2) is 6.81. The lowest BCUT2D eigenvalue weighted by Crippen LogP contribution is -2.15. The Morgan fingerprint density at radius 1 is 1.22 bits per heavy atom. The fourth-order valence-corrected chi connectivity index (χ4v) is 3.26. The first kappa shape index (κ1) is 16.2. The van der Waals surface area contributed by atoms with Gasteiger partial charge in [-0.2, -0.15) is 0 Å². The highest BCUT2D eigenvalue weighted by molar-refractivity contribution is 6.34. The number of rotatable bonds is 5. The van der Waals surface area contributed by atoms with E-state index in [0.717, 1.165) is 12.0 Å². The van der Waals surface area contributed by atoms with E-state index < -0.39 is 0 Å². The van der Waals surface area contributed by atoms with Crippen molar-refractivity contribution in [2.24, 2.45) is 5.92 Å². The van der Waals surface area contributed by atoms with Crippen LogP contribution in [-0.4, -0.2) is 12.5 Å². The molecule has 0 bridgehead atoms. The van der Waals surface area contributed by atoms with Crippen molar-refractivity contribution >= 4 is 34.8 Å². The zero-order chi connectivity index (χ0) is 16.4. The number of hydrogen-bond donors (Lipinski definition) is 1. The summed E-state index contributed by atoms with van der Waals surface area (Å²) < 4.78 is 5.53. The van der Waals surface area contributed by atoms with Crippen LogP contribution in [0, 0.1) is 5.92 Å². The molecule has 1 aliphatic carbocycles. The summed E-state index contributed by atoms with van der Waals surface area (Å²) in [4.78, 5) is 12.5. The average molecular weight is 350 g/mol. The molecular weight excluding hydrogens is 333 g/mol. The van der Waals surface area contributed by atoms with Gasteiger partial charge in [0, 0.05) is 16.0 Å². The molecule has 120 valence electrons. The van der Waals surface area contributed by atoms with Crippen LogP contribution in [0.25, 0.3) is 0 Å². The Morgan fingerprint density at radius 3 is 2.61 bits per heavy atom. The summed E-state index contributed by atoms with van der Waals surface area (Å²) in [6.45, 7) is 2.47. The van der Waals surface area contributed by atoms with E-state index in [-0.39, 0.29) is 17.7 Å². The fraction of sp³-hybridized carbons (Fsp3) is 0.278. The molecule has 3 rings (SSSR count). The molecule has 1 N–H and O–H groups in total. The molecule has 1 amide bonds. The molecule has 23 heavy (non-hydrogen) atoms. The largest absolute Gasteiger partial charge is 0.492 e. The molecular formula is C18H17Cl2NO2. The number of benzene rings is 2. The number of amides is 1. The summed E-state index contributed by atoms with van der Waals surface area (Å²) in [7, 11) is 0. The summed E-state index contributed by atoms with van der Waals surface area (Å²) in [6.07, 6.45) is 0.805. The Hall–Kier alpha value is -1.71. The van der Waals surface area contributed by atoms with E-state index in [1.165, 1.54) is 0 Å². The molecule has 0 saturated heterocycles. The van der Waals surface area contributed by atoms with Gasteiger partial charge in [0.25, 0.3) is 0 Å². The quantitative estimate of drug-likeness (QED) is 0.811. The van der Waals surface area contributed by atoms with Crippen molar-refractivity contribution in [3.05, 3.63) is 58.1 Å². The summed E-state index contributed by atoms with van der Waals surface area (Å²) >= 11 is 12.1. The lowest BCUT2D eigenvalue weighted by Gasteiger charge is -2.11. The molecule has 2 aromatic rings. The Labute approximate surface area is 145 Å². The minimum atomic E-state index is -0.0563. The summed E-state index contributed by atoms with van der Waals surface area (Å²) in [6, 6.07) is 12.9. The maximum Gasteiger partial charge on any atom is 0.228 e. The van der Waals surface area contributed by atoms with Gasteiger partial charge in [0.15, 0.2) is 0 Å². The summed E-state index contributed by atoms with van der Waals surface area (Å²) in [5.41, 5.74) is 1.72. The SMILES string of the molecule is CCOc1ccccc1NC(=O)[C@H]1C[C@@H]1c1cc(Cl)cc(Cl)c1. The van der Waals surface area contributed by atoms with Crippen molar-refractivity contribution in [1.82, 2.24) is 0 Å². The summed E-state index contributed by atoms with van der Waals surface area (Å²) in [5, 5.41) is 4.15. The van der Waals surface area contributed by atoms with Crippen molar-refractivity contribution in [3.63, 3.8) is 0 Å². The van der Waals surface area contributed by atoms with Gasteiger partial charge in [0.1, 0.15) is 5.75 Å². The number of nitrogens with one attached hydrogen (secondary N) is 1. The first-order valence-corrected chi connectivity index (χ1v) is 8.32. The van der Waals surface area contributed by atoms with Gasteiger partial charge in [-0.1, -0.05) is 35.3 Å². The number of anilines is 1. The van der Waals surface area contributed by atoms with Crippen molar-refractivity contribution in [2.75, 3.05) is 11.9 Å². The van der Waals surface area contributed by atoms with Crippen LogP contribution in [0.1, 0.15) is 24.8 Å². The minimum absolute atomic E-state index is 0.00162.